The number of amides is 2. The van der Waals surface area contributed by atoms with Crippen LogP contribution in [0.25, 0.3) is 60.4 Å². The number of aromatic nitrogens is 7. The molecule has 7 heterocycles. The van der Waals surface area contributed by atoms with E-state index in [-0.39, 0.29) is 43.5 Å². The topological polar surface area (TPSA) is 236 Å². The minimum absolute atomic E-state index is 0.00149. The Bertz CT molecular complexity index is 3660. The fourth-order valence-electron chi connectivity index (χ4n) is 12.7. The number of pyridine rings is 1. The Morgan fingerprint density at radius 3 is 2.51 bits per heavy atom. The van der Waals surface area contributed by atoms with Crippen molar-refractivity contribution < 1.29 is 28.9 Å². The number of aryl methyl sites for hydroxylation is 1. The first kappa shape index (κ1) is 56.8. The summed E-state index contributed by atoms with van der Waals surface area (Å²) in [5.41, 5.74) is 16.1. The summed E-state index contributed by atoms with van der Waals surface area (Å²) in [6.07, 6.45) is 15.1. The number of nitrogens with one attached hydrogen (secondary N) is 3. The number of fused-ring (bicyclic) bond motifs is 7. The number of hydrogen-bond acceptors (Lipinski definition) is 15. The van der Waals surface area contributed by atoms with Crippen LogP contribution in [-0.2, 0) is 20.9 Å². The molecule has 4 fully saturated rings. The normalized spacial score (nSPS) is 18.0. The van der Waals surface area contributed by atoms with E-state index in [9.17, 15) is 9.90 Å². The lowest BCUT2D eigenvalue weighted by molar-refractivity contribution is -0.125. The van der Waals surface area contributed by atoms with Gasteiger partial charge in [-0.15, -0.1) is 0 Å². The van der Waals surface area contributed by atoms with Crippen LogP contribution in [0.15, 0.2) is 90.4 Å². The van der Waals surface area contributed by atoms with Gasteiger partial charge in [-0.05, 0) is 116 Å². The van der Waals surface area contributed by atoms with Crippen LogP contribution in [0.1, 0.15) is 125 Å². The predicted molar refractivity (Wildman–Crippen MR) is 326 cm³/mol. The number of nitrogens with two attached hydrogens (primary N) is 1. The first-order chi connectivity index (χ1) is 40.5. The summed E-state index contributed by atoms with van der Waals surface area (Å²) in [6, 6.07) is 21.8. The number of aliphatic hydroxyl groups excluding tert-OH is 1. The molecule has 8 aromatic rings. The molecule has 3 unspecified atom stereocenters. The Balaban J connectivity index is 0.00000235. The maximum Gasteiger partial charge on any atom is 0.319 e. The molecule has 434 valence electrons. The van der Waals surface area contributed by atoms with Gasteiger partial charge in [0.15, 0.2) is 5.75 Å². The van der Waals surface area contributed by atoms with Crippen LogP contribution in [0, 0.1) is 12.8 Å². The van der Waals surface area contributed by atoms with Gasteiger partial charge in [-0.1, -0.05) is 68.8 Å². The Morgan fingerprint density at radius 2 is 1.81 bits per heavy atom. The average Bonchev–Trinajstić information content (AvgIpc) is 3.04. The fourth-order valence-corrected chi connectivity index (χ4v) is 12.7. The number of primary amides is 1. The lowest BCUT2D eigenvalue weighted by Gasteiger charge is -2.31. The molecule has 2 amide bonds. The van der Waals surface area contributed by atoms with Crippen LogP contribution in [0.3, 0.4) is 0 Å². The number of hydrogen-bond donors (Lipinski definition) is 5. The van der Waals surface area contributed by atoms with Gasteiger partial charge < -0.3 is 40.6 Å². The number of ether oxygens (including phenoxy) is 3. The molecular formula is C64H77N13O6. The molecule has 3 saturated heterocycles. The van der Waals surface area contributed by atoms with Crippen molar-refractivity contribution in [2.45, 2.75) is 129 Å². The van der Waals surface area contributed by atoms with E-state index in [0.717, 1.165) is 160 Å². The highest BCUT2D eigenvalue weighted by atomic mass is 16.5. The van der Waals surface area contributed by atoms with Crippen molar-refractivity contribution >= 4 is 74.2 Å². The number of aliphatic hydroxyl groups is 1. The van der Waals surface area contributed by atoms with Gasteiger partial charge in [0.25, 0.3) is 0 Å². The summed E-state index contributed by atoms with van der Waals surface area (Å²) in [5.74, 6) is 1.87. The molecule has 3 aliphatic heterocycles. The molecule has 2 bridgehead atoms. The van der Waals surface area contributed by atoms with Gasteiger partial charge in [0.1, 0.15) is 30.1 Å². The van der Waals surface area contributed by atoms with Crippen molar-refractivity contribution in [3.8, 4) is 22.9 Å². The zero-order valence-corrected chi connectivity index (χ0v) is 48.3. The molecule has 4 aliphatic rings. The van der Waals surface area contributed by atoms with Gasteiger partial charge >= 0.3 is 6.01 Å². The first-order valence-electron chi connectivity index (χ1n) is 29.5. The van der Waals surface area contributed by atoms with Crippen LogP contribution in [0.4, 0.5) is 5.82 Å². The summed E-state index contributed by atoms with van der Waals surface area (Å²) in [4.78, 5) is 40.8. The minimum atomic E-state index is -0.540. The number of carbonyl (C=O) groups excluding carboxylic acids is 2. The van der Waals surface area contributed by atoms with Gasteiger partial charge in [-0.3, -0.25) is 29.4 Å². The third-order valence-corrected chi connectivity index (χ3v) is 17.1. The molecule has 83 heavy (non-hydrogen) atoms. The smallest absolute Gasteiger partial charge is 0.319 e. The summed E-state index contributed by atoms with van der Waals surface area (Å²) in [5, 5.41) is 39.8. The Morgan fingerprint density at radius 1 is 1.00 bits per heavy atom. The number of allylic oxidation sites excluding steroid dienone is 1. The first-order valence-corrected chi connectivity index (χ1v) is 29.5. The van der Waals surface area contributed by atoms with E-state index >= 15 is 0 Å². The number of aromatic amines is 1. The van der Waals surface area contributed by atoms with Crippen LogP contribution < -0.4 is 30.7 Å². The molecular weight excluding hydrogens is 1050 g/mol. The molecule has 19 nitrogen and oxygen atoms in total. The molecule has 4 aromatic carbocycles. The van der Waals surface area contributed by atoms with E-state index < -0.39 is 6.04 Å². The molecule has 0 spiro atoms. The lowest BCUT2D eigenvalue weighted by atomic mass is 9.89. The van der Waals surface area contributed by atoms with Gasteiger partial charge in [0.05, 0.1) is 54.1 Å². The van der Waals surface area contributed by atoms with Crippen LogP contribution in [-0.4, -0.2) is 128 Å². The van der Waals surface area contributed by atoms with Crippen molar-refractivity contribution in [2.24, 2.45) is 16.8 Å². The fraction of sp³-hybridized carbons (Fsp3) is 0.438. The monoisotopic (exact) mass is 1120 g/mol. The van der Waals surface area contributed by atoms with E-state index in [4.69, 9.17) is 39.1 Å². The molecule has 6 N–H and O–H groups in total. The number of unbranched alkanes of at least 4 members (excludes halogenated alkanes) is 1. The van der Waals surface area contributed by atoms with Crippen LogP contribution in [0.5, 0.6) is 11.8 Å². The molecule has 1 saturated carbocycles. The molecule has 0 radical (unpaired) electrons. The molecule has 19 heteroatoms. The van der Waals surface area contributed by atoms with Crippen molar-refractivity contribution in [1.29, 1.82) is 0 Å². The minimum Gasteiger partial charge on any atom is -0.486 e. The average molecular weight is 1120 g/mol. The highest BCUT2D eigenvalue weighted by Gasteiger charge is 2.41. The number of rotatable bonds is 22. The van der Waals surface area contributed by atoms with Gasteiger partial charge in [-0.25, -0.2) is 0 Å². The second-order valence-electron chi connectivity index (χ2n) is 22.8. The molecule has 1 aliphatic carbocycles. The highest BCUT2D eigenvalue weighted by Crippen LogP contribution is 2.53. The van der Waals surface area contributed by atoms with Crippen molar-refractivity contribution in [2.75, 3.05) is 50.9 Å². The Kier molecular flexibility index (Phi) is 17.3. The third kappa shape index (κ3) is 11.7. The van der Waals surface area contributed by atoms with E-state index in [2.05, 4.69) is 125 Å². The largest absolute Gasteiger partial charge is 0.486 e. The highest BCUT2D eigenvalue weighted by molar-refractivity contribution is 6.07. The number of nitrogens with zero attached hydrogens (tertiary/aromatic N) is 9. The van der Waals surface area contributed by atoms with E-state index in [1.807, 2.05) is 48.2 Å². The van der Waals surface area contributed by atoms with Crippen molar-refractivity contribution in [1.82, 2.24) is 50.6 Å². The van der Waals surface area contributed by atoms with E-state index in [1.54, 1.807) is 0 Å². The second-order valence-corrected chi connectivity index (χ2v) is 22.8. The second kappa shape index (κ2) is 25.2. The molecule has 4 aromatic heterocycles. The standard InChI is InChI=1S/C63H74N12O5.CH3NO/c1-7-54(74(8-2)64-6)42-18-14-40(15-19-42)43(35-76)11-9-10-24-65-62(77)59(37(3)4)75-55-33-67-53-27-39(13-20-47(53)50(55)32-69-75)36-79-60-57(56-38(5)12-21-52-51(56)31-68-72-52)48(41-16-17-41)29-49-58(60)70-63(80-46-22-25-78-26-23-46)71-61(49)73-34-44-28-45(73)30-66-44;2-1-3/h7,12-15,18-21,27,29,31-33,37,41,43-46,59,66,76H,6,8-11,16-17,22-26,28,30,34-36H2,1-5H3,(H,65,77)(H,68,72);1H,(H2,2,3)/b54-7-;/t43-,44?,45?,59?;/m0./s1. The Labute approximate surface area is 484 Å². The third-order valence-electron chi connectivity index (χ3n) is 17.1. The lowest BCUT2D eigenvalue weighted by Crippen LogP contribution is -2.44. The van der Waals surface area contributed by atoms with Crippen LogP contribution >= 0.6 is 0 Å². The number of anilines is 1. The van der Waals surface area contributed by atoms with E-state index in [1.165, 1.54) is 5.56 Å². The molecule has 4 atom stereocenters. The number of H-pyrrole nitrogens is 1. The number of piperazine rings is 1. The summed E-state index contributed by atoms with van der Waals surface area (Å²) < 4.78 is 21.6. The number of benzene rings is 4. The SMILES string of the molecule is C=NN(CC)/C(=C\C)c1ccc([C@H](CO)CCCCNC(=O)C(C(C)C)n2ncc3c4ccc(COc5c(-c6c(C)ccc7[nH]ncc67)c(C6CC6)cc6c(N7CC8CC7CN8)nc(OC7CCOCC7)nc56)cc4ncc32)cc1.NC=O. The summed E-state index contributed by atoms with van der Waals surface area (Å²) in [7, 11) is 0. The quantitative estimate of drug-likeness (QED) is 0.0184. The number of hydrazone groups is 1. The molecule has 12 rings (SSSR count). The van der Waals surface area contributed by atoms with Gasteiger partial charge in [-0.2, -0.15) is 25.3 Å². The van der Waals surface area contributed by atoms with Gasteiger partial charge in [0.2, 0.25) is 12.3 Å². The van der Waals surface area contributed by atoms with E-state index in [0.29, 0.717) is 49.5 Å². The zero-order valence-electron chi connectivity index (χ0n) is 48.3. The maximum absolute atomic E-state index is 14.1. The summed E-state index contributed by atoms with van der Waals surface area (Å²) >= 11 is 0. The zero-order chi connectivity index (χ0) is 57.7. The predicted octanol–water partition coefficient (Wildman–Crippen LogP) is 9.60. The van der Waals surface area contributed by atoms with Crippen LogP contribution in [0.2, 0.25) is 0 Å². The summed E-state index contributed by atoms with van der Waals surface area (Å²) in [6.45, 7) is 18.7. The van der Waals surface area contributed by atoms with Crippen molar-refractivity contribution in [3.05, 3.63) is 113 Å². The number of carbonyl (C=O) groups is 2. The van der Waals surface area contributed by atoms with Gasteiger partial charge in [0, 0.05) is 97.5 Å². The maximum atomic E-state index is 14.1. The Hall–Kier alpha value is -8.00. The van der Waals surface area contributed by atoms with Crippen molar-refractivity contribution in [3.63, 3.8) is 0 Å².